The molecule has 1 N–H and O–H groups in total. The maximum Gasteiger partial charge on any atom is 0.0661 e. The Hall–Kier alpha value is -1.03. The van der Waals surface area contributed by atoms with Gasteiger partial charge in [0.25, 0.3) is 0 Å². The van der Waals surface area contributed by atoms with Crippen molar-refractivity contribution in [2.45, 2.75) is 0 Å². The lowest BCUT2D eigenvalue weighted by molar-refractivity contribution is -0.129. The zero-order chi connectivity index (χ0) is 5.82. The van der Waals surface area contributed by atoms with Gasteiger partial charge in [0, 0.05) is 0 Å². The summed E-state index contributed by atoms with van der Waals surface area (Å²) in [4.78, 5) is 4.71. The van der Waals surface area contributed by atoms with Gasteiger partial charge in [-0.25, -0.2) is 0 Å². The number of hydrazine groups is 1. The predicted molar refractivity (Wildman–Crippen MR) is 29.6 cm³/mol. The summed E-state index contributed by atoms with van der Waals surface area (Å²) in [5.74, 6) is 0. The van der Waals surface area contributed by atoms with E-state index < -0.39 is 0 Å². The van der Waals surface area contributed by atoms with Gasteiger partial charge in [-0.2, -0.15) is 15.8 Å². The zero-order valence-corrected chi connectivity index (χ0v) is 4.53. The normalized spacial score (nSPS) is 16.4. The third-order valence-corrected chi connectivity index (χ3v) is 0.735. The van der Waals surface area contributed by atoms with Crippen LogP contribution in [0.25, 0.3) is 0 Å². The minimum Gasteiger partial charge on any atom is -0.256 e. The maximum absolute atomic E-state index is 4.71. The van der Waals surface area contributed by atoms with E-state index in [2.05, 4.69) is 10.6 Å². The van der Waals surface area contributed by atoms with Crippen molar-refractivity contribution >= 4 is 6.21 Å². The number of hydrazone groups is 1. The number of rotatable bonds is 1. The Labute approximate surface area is 47.4 Å². The minimum absolute atomic E-state index is 1.39. The van der Waals surface area contributed by atoms with Crippen molar-refractivity contribution in [3.8, 4) is 0 Å². The van der Waals surface area contributed by atoms with Crippen LogP contribution in [0.2, 0.25) is 0 Å². The van der Waals surface area contributed by atoms with Gasteiger partial charge in [-0.15, -0.1) is 0 Å². The molecule has 4 heteroatoms. The molecule has 0 spiro atoms. The number of hydrogen-bond acceptors (Lipinski definition) is 4. The van der Waals surface area contributed by atoms with Gasteiger partial charge in [-0.3, -0.25) is 4.84 Å². The smallest absolute Gasteiger partial charge is 0.0661 e. The van der Waals surface area contributed by atoms with Crippen molar-refractivity contribution in [3.63, 3.8) is 0 Å². The minimum atomic E-state index is 1.39. The van der Waals surface area contributed by atoms with Crippen LogP contribution in [0.1, 0.15) is 0 Å². The number of nitrogens with one attached hydrogen (secondary N) is 1. The van der Waals surface area contributed by atoms with Gasteiger partial charge in [0.05, 0.1) is 19.5 Å². The lowest BCUT2D eigenvalue weighted by Gasteiger charge is -2.16. The first kappa shape index (κ1) is 5.11. The first-order chi connectivity index (χ1) is 3.93. The Kier molecular flexibility index (Phi) is 1.48. The number of hydrogen-bond donors (Lipinski definition) is 1. The van der Waals surface area contributed by atoms with E-state index in [0.29, 0.717) is 0 Å². The molecule has 0 radical (unpaired) electrons. The van der Waals surface area contributed by atoms with Gasteiger partial charge in [0.2, 0.25) is 0 Å². The van der Waals surface area contributed by atoms with Crippen LogP contribution in [0.4, 0.5) is 0 Å². The lowest BCUT2D eigenvalue weighted by Crippen LogP contribution is -2.29. The first-order valence-corrected chi connectivity index (χ1v) is 2.22. The Balaban J connectivity index is 2.40. The number of allylic oxidation sites excluding steroid dienone is 1. The highest BCUT2D eigenvalue weighted by Gasteiger charge is 1.91. The lowest BCUT2D eigenvalue weighted by atomic mass is 10.6. The van der Waals surface area contributed by atoms with Crippen LogP contribution >= 0.6 is 0 Å². The maximum atomic E-state index is 4.71. The molecule has 1 aliphatic rings. The molecule has 0 atom stereocenters. The SMILES string of the molecule is CON1C=CC=NN1. The summed E-state index contributed by atoms with van der Waals surface area (Å²) in [6.07, 6.45) is 5.11. The van der Waals surface area contributed by atoms with Crippen molar-refractivity contribution < 1.29 is 4.84 Å². The van der Waals surface area contributed by atoms with Crippen LogP contribution in [0.3, 0.4) is 0 Å². The Morgan fingerprint density at radius 2 is 2.62 bits per heavy atom. The molecule has 0 aromatic rings. The van der Waals surface area contributed by atoms with Crippen molar-refractivity contribution in [1.82, 2.24) is 10.7 Å². The molecule has 8 heavy (non-hydrogen) atoms. The molecule has 1 aliphatic heterocycles. The van der Waals surface area contributed by atoms with Gasteiger partial charge in [0.1, 0.15) is 0 Å². The average Bonchev–Trinajstić information content (AvgIpc) is 1.90. The fraction of sp³-hybridized carbons (Fsp3) is 0.250. The number of hydroxylamine groups is 1. The van der Waals surface area contributed by atoms with Crippen LogP contribution < -0.4 is 5.53 Å². The fourth-order valence-corrected chi connectivity index (χ4v) is 0.385. The van der Waals surface area contributed by atoms with Gasteiger partial charge in [-0.05, 0) is 6.08 Å². The van der Waals surface area contributed by atoms with Crippen molar-refractivity contribution in [1.29, 1.82) is 0 Å². The third kappa shape index (κ3) is 0.974. The summed E-state index contributed by atoms with van der Waals surface area (Å²) in [5.41, 5.74) is 2.56. The molecule has 0 saturated carbocycles. The largest absolute Gasteiger partial charge is 0.256 e. The van der Waals surface area contributed by atoms with Crippen molar-refractivity contribution in [2.75, 3.05) is 7.11 Å². The molecule has 0 fully saturated rings. The molecule has 0 bridgehead atoms. The summed E-state index contributed by atoms with van der Waals surface area (Å²) in [6, 6.07) is 0. The molecule has 4 nitrogen and oxygen atoms in total. The van der Waals surface area contributed by atoms with Crippen LogP contribution in [0, 0.1) is 0 Å². The second-order valence-electron chi connectivity index (χ2n) is 1.23. The Morgan fingerprint density at radius 3 is 3.00 bits per heavy atom. The van der Waals surface area contributed by atoms with E-state index in [-0.39, 0.29) is 0 Å². The van der Waals surface area contributed by atoms with Crippen molar-refractivity contribution in [2.24, 2.45) is 5.10 Å². The van der Waals surface area contributed by atoms with E-state index in [1.165, 1.54) is 5.17 Å². The van der Waals surface area contributed by atoms with E-state index in [1.54, 1.807) is 25.6 Å². The Morgan fingerprint density at radius 1 is 1.75 bits per heavy atom. The van der Waals surface area contributed by atoms with Gasteiger partial charge in [-0.1, -0.05) is 0 Å². The highest BCUT2D eigenvalue weighted by atomic mass is 16.7. The molecular weight excluding hydrogens is 106 g/mol. The summed E-state index contributed by atoms with van der Waals surface area (Å²) in [5, 5.41) is 5.06. The highest BCUT2D eigenvalue weighted by Crippen LogP contribution is 1.86. The first-order valence-electron chi connectivity index (χ1n) is 2.22. The standard InChI is InChI=1S/C4H7N3O/c1-8-7-4-2-3-5-6-7/h2-4,6H,1H3. The molecule has 0 unspecified atom stereocenters. The fourth-order valence-electron chi connectivity index (χ4n) is 0.385. The molecular formula is C4H7N3O. The van der Waals surface area contributed by atoms with E-state index in [4.69, 9.17) is 4.84 Å². The van der Waals surface area contributed by atoms with Gasteiger partial charge < -0.3 is 0 Å². The summed E-state index contributed by atoms with van der Waals surface area (Å²) in [6.45, 7) is 0. The van der Waals surface area contributed by atoms with Crippen LogP contribution in [-0.2, 0) is 4.84 Å². The van der Waals surface area contributed by atoms with Crippen LogP contribution in [0.15, 0.2) is 17.4 Å². The summed E-state index contributed by atoms with van der Waals surface area (Å²) >= 11 is 0. The molecule has 1 rings (SSSR count). The van der Waals surface area contributed by atoms with Crippen molar-refractivity contribution in [3.05, 3.63) is 12.3 Å². The molecule has 1 heterocycles. The summed E-state index contributed by atoms with van der Waals surface area (Å²) in [7, 11) is 1.55. The van der Waals surface area contributed by atoms with E-state index in [0.717, 1.165) is 0 Å². The second kappa shape index (κ2) is 2.32. The van der Waals surface area contributed by atoms with Crippen LogP contribution in [0.5, 0.6) is 0 Å². The molecule has 44 valence electrons. The highest BCUT2D eigenvalue weighted by molar-refractivity contribution is 5.70. The average molecular weight is 113 g/mol. The quantitative estimate of drug-likeness (QED) is 0.514. The molecule has 0 aromatic heterocycles. The molecule has 0 aliphatic carbocycles. The monoisotopic (exact) mass is 113 g/mol. The second-order valence-corrected chi connectivity index (χ2v) is 1.23. The predicted octanol–water partition coefficient (Wildman–Crippen LogP) is -0.133. The van der Waals surface area contributed by atoms with Gasteiger partial charge in [0.15, 0.2) is 0 Å². The number of nitrogens with zero attached hydrogens (tertiary/aromatic N) is 2. The molecule has 0 aromatic carbocycles. The van der Waals surface area contributed by atoms with Gasteiger partial charge >= 0.3 is 0 Å². The summed E-state index contributed by atoms with van der Waals surface area (Å²) < 4.78 is 0. The molecule has 0 amide bonds. The third-order valence-electron chi connectivity index (χ3n) is 0.735. The molecule has 0 saturated heterocycles. The van der Waals surface area contributed by atoms with E-state index in [1.807, 2.05) is 0 Å². The zero-order valence-electron chi connectivity index (χ0n) is 4.53. The topological polar surface area (TPSA) is 36.9 Å². The van der Waals surface area contributed by atoms with E-state index in [9.17, 15) is 0 Å². The van der Waals surface area contributed by atoms with E-state index >= 15 is 0 Å². The Bertz CT molecular complexity index is 120. The van der Waals surface area contributed by atoms with Crippen LogP contribution in [-0.4, -0.2) is 18.5 Å².